The molecule has 19 heavy (non-hydrogen) atoms. The smallest absolute Gasteiger partial charge is 0.0545 e. The fourth-order valence-corrected chi connectivity index (χ4v) is 2.77. The Labute approximate surface area is 127 Å². The van der Waals surface area contributed by atoms with Crippen LogP contribution >= 0.6 is 35.0 Å². The number of thioether (sulfide) groups is 1. The molecule has 6 heteroatoms. The number of carbonyl (C=O) groups excluding carboxylic acids is 1. The first-order valence-corrected chi connectivity index (χ1v) is 7.87. The van der Waals surface area contributed by atoms with Gasteiger partial charge in [0.05, 0.1) is 5.97 Å². The summed E-state index contributed by atoms with van der Waals surface area (Å²) in [6.45, 7) is 3.08. The van der Waals surface area contributed by atoms with Crippen LogP contribution in [-0.4, -0.2) is 36.1 Å². The molecule has 0 spiro atoms. The normalized spacial score (nSPS) is 12.2. The number of hydrogen-bond donors (Lipinski definition) is 0. The van der Waals surface area contributed by atoms with Crippen LogP contribution in [0, 0.1) is 0 Å². The van der Waals surface area contributed by atoms with E-state index in [1.54, 1.807) is 6.92 Å². The van der Waals surface area contributed by atoms with E-state index in [9.17, 15) is 9.90 Å². The molecule has 0 amide bonds. The lowest BCUT2D eigenvalue weighted by Gasteiger charge is -2.23. The van der Waals surface area contributed by atoms with Crippen molar-refractivity contribution in [2.45, 2.75) is 17.1 Å². The van der Waals surface area contributed by atoms with E-state index < -0.39 is 11.2 Å². The highest BCUT2D eigenvalue weighted by Crippen LogP contribution is 2.25. The number of anilines is 1. The van der Waals surface area contributed by atoms with Crippen molar-refractivity contribution in [3.8, 4) is 0 Å². The van der Waals surface area contributed by atoms with Crippen LogP contribution in [0.3, 0.4) is 0 Å². The summed E-state index contributed by atoms with van der Waals surface area (Å²) in [4.78, 5) is 13.7. The summed E-state index contributed by atoms with van der Waals surface area (Å²) in [6, 6.07) is 7.69. The van der Waals surface area contributed by atoms with Crippen LogP contribution < -0.4 is 10.0 Å². The number of carboxylic acids is 1. The van der Waals surface area contributed by atoms with E-state index in [1.165, 1.54) is 11.8 Å². The molecule has 0 aliphatic rings. The predicted octanol–water partition coefficient (Wildman–Crippen LogP) is 2.20. The van der Waals surface area contributed by atoms with Gasteiger partial charge in [0.15, 0.2) is 0 Å². The van der Waals surface area contributed by atoms with E-state index in [1.807, 2.05) is 24.3 Å². The quantitative estimate of drug-likeness (QED) is 0.544. The maximum Gasteiger partial charge on any atom is 0.0545 e. The van der Waals surface area contributed by atoms with Gasteiger partial charge < -0.3 is 14.8 Å². The second-order valence-corrected chi connectivity index (χ2v) is 6.11. The Morgan fingerprint density at radius 2 is 1.79 bits per heavy atom. The molecule has 1 aromatic rings. The van der Waals surface area contributed by atoms with Crippen molar-refractivity contribution in [1.82, 2.24) is 0 Å². The molecule has 0 heterocycles. The third kappa shape index (κ3) is 5.51. The molecule has 0 radical (unpaired) electrons. The topological polar surface area (TPSA) is 43.4 Å². The second-order valence-electron chi connectivity index (χ2n) is 3.94. The zero-order valence-electron chi connectivity index (χ0n) is 10.6. The lowest BCUT2D eigenvalue weighted by atomic mass is 10.3. The van der Waals surface area contributed by atoms with Crippen molar-refractivity contribution in [3.63, 3.8) is 0 Å². The molecule has 1 rings (SSSR count). The molecule has 0 aliphatic carbocycles. The summed E-state index contributed by atoms with van der Waals surface area (Å²) in [5.74, 6) is 0.0181. The number of nitrogens with zero attached hydrogens (tertiary/aromatic N) is 1. The SMILES string of the molecule is CC(Sc1ccc(N(CCCl)CCCl)cc1)C(=O)[O-]. The van der Waals surface area contributed by atoms with Crippen LogP contribution in [0.1, 0.15) is 6.92 Å². The van der Waals surface area contributed by atoms with Gasteiger partial charge in [-0.2, -0.15) is 0 Å². The first-order chi connectivity index (χ1) is 9.08. The van der Waals surface area contributed by atoms with E-state index in [4.69, 9.17) is 23.2 Å². The third-order valence-corrected chi connectivity index (χ3v) is 3.98. The Morgan fingerprint density at radius 1 is 1.26 bits per heavy atom. The minimum atomic E-state index is -1.06. The Kier molecular flexibility index (Phi) is 7.42. The minimum absolute atomic E-state index is 0.537. The summed E-state index contributed by atoms with van der Waals surface area (Å²) < 4.78 is 0. The number of carboxylic acid groups (broad SMARTS) is 1. The number of alkyl halides is 2. The summed E-state index contributed by atoms with van der Waals surface area (Å²) in [7, 11) is 0. The maximum absolute atomic E-state index is 10.7. The summed E-state index contributed by atoms with van der Waals surface area (Å²) in [6.07, 6.45) is 0. The molecule has 0 saturated carbocycles. The average molecular weight is 321 g/mol. The Hall–Kier alpha value is -0.580. The van der Waals surface area contributed by atoms with Crippen LogP contribution in [0.2, 0.25) is 0 Å². The van der Waals surface area contributed by atoms with Crippen LogP contribution in [0.5, 0.6) is 0 Å². The largest absolute Gasteiger partial charge is 0.549 e. The van der Waals surface area contributed by atoms with Gasteiger partial charge in [0.2, 0.25) is 0 Å². The molecule has 1 atom stereocenters. The molecule has 0 saturated heterocycles. The van der Waals surface area contributed by atoms with Gasteiger partial charge in [-0.3, -0.25) is 0 Å². The molecule has 0 fully saturated rings. The maximum atomic E-state index is 10.7. The fraction of sp³-hybridized carbons (Fsp3) is 0.462. The van der Waals surface area contributed by atoms with Crippen molar-refractivity contribution >= 4 is 46.6 Å². The molecule has 0 N–H and O–H groups in total. The van der Waals surface area contributed by atoms with Crippen molar-refractivity contribution in [3.05, 3.63) is 24.3 Å². The van der Waals surface area contributed by atoms with Crippen molar-refractivity contribution in [2.24, 2.45) is 0 Å². The van der Waals surface area contributed by atoms with Gasteiger partial charge in [0.1, 0.15) is 0 Å². The molecule has 0 aromatic heterocycles. The number of carbonyl (C=O) groups is 1. The molecule has 1 unspecified atom stereocenters. The zero-order valence-corrected chi connectivity index (χ0v) is 13.0. The highest BCUT2D eigenvalue weighted by atomic mass is 35.5. The number of aliphatic carboxylic acids is 1. The first-order valence-electron chi connectivity index (χ1n) is 5.93. The molecular weight excluding hydrogens is 305 g/mol. The Morgan fingerprint density at radius 3 is 2.21 bits per heavy atom. The molecule has 0 bridgehead atoms. The highest BCUT2D eigenvalue weighted by Gasteiger charge is 2.08. The monoisotopic (exact) mass is 320 g/mol. The molecule has 0 aliphatic heterocycles. The second kappa shape index (κ2) is 8.56. The average Bonchev–Trinajstić information content (AvgIpc) is 2.39. The Bertz CT molecular complexity index is 394. The standard InChI is InChI=1S/C13H17Cl2NO2S/c1-10(13(17)18)19-12-4-2-11(3-5-12)16(8-6-14)9-7-15/h2-5,10H,6-9H2,1H3,(H,17,18)/p-1. The van der Waals surface area contributed by atoms with Crippen LogP contribution in [0.25, 0.3) is 0 Å². The zero-order chi connectivity index (χ0) is 14.3. The van der Waals surface area contributed by atoms with Crippen molar-refractivity contribution < 1.29 is 9.90 Å². The highest BCUT2D eigenvalue weighted by molar-refractivity contribution is 8.00. The summed E-state index contributed by atoms with van der Waals surface area (Å²) in [5, 5.41) is 10.1. The lowest BCUT2D eigenvalue weighted by molar-refractivity contribution is -0.304. The van der Waals surface area contributed by atoms with Gasteiger partial charge in [-0.25, -0.2) is 0 Å². The van der Waals surface area contributed by atoms with Crippen molar-refractivity contribution in [2.75, 3.05) is 29.7 Å². The van der Waals surface area contributed by atoms with Gasteiger partial charge in [0, 0.05) is 40.7 Å². The van der Waals surface area contributed by atoms with E-state index >= 15 is 0 Å². The fourth-order valence-electron chi connectivity index (χ4n) is 1.56. The summed E-state index contributed by atoms with van der Waals surface area (Å²) >= 11 is 12.8. The van der Waals surface area contributed by atoms with E-state index in [0.717, 1.165) is 23.7 Å². The predicted molar refractivity (Wildman–Crippen MR) is 80.4 cm³/mol. The van der Waals surface area contributed by atoms with Gasteiger partial charge in [0.25, 0.3) is 0 Å². The lowest BCUT2D eigenvalue weighted by Crippen LogP contribution is -2.31. The molecular formula is C13H16Cl2NO2S-. The van der Waals surface area contributed by atoms with Crippen molar-refractivity contribution in [1.29, 1.82) is 0 Å². The molecule has 3 nitrogen and oxygen atoms in total. The van der Waals surface area contributed by atoms with E-state index in [0.29, 0.717) is 11.8 Å². The van der Waals surface area contributed by atoms with Crippen LogP contribution in [-0.2, 0) is 4.79 Å². The Balaban J connectivity index is 2.71. The van der Waals surface area contributed by atoms with E-state index in [2.05, 4.69) is 4.90 Å². The van der Waals surface area contributed by atoms with Crippen LogP contribution in [0.4, 0.5) is 5.69 Å². The van der Waals surface area contributed by atoms with Crippen LogP contribution in [0.15, 0.2) is 29.2 Å². The number of hydrogen-bond acceptors (Lipinski definition) is 4. The number of benzene rings is 1. The van der Waals surface area contributed by atoms with Gasteiger partial charge in [-0.05, 0) is 31.2 Å². The van der Waals surface area contributed by atoms with Gasteiger partial charge in [-0.15, -0.1) is 35.0 Å². The summed E-state index contributed by atoms with van der Waals surface area (Å²) in [5.41, 5.74) is 1.03. The third-order valence-electron chi connectivity index (χ3n) is 2.56. The number of rotatable bonds is 8. The van der Waals surface area contributed by atoms with Gasteiger partial charge in [-0.1, -0.05) is 0 Å². The molecule has 106 valence electrons. The van der Waals surface area contributed by atoms with E-state index in [-0.39, 0.29) is 0 Å². The van der Waals surface area contributed by atoms with Gasteiger partial charge >= 0.3 is 0 Å². The minimum Gasteiger partial charge on any atom is -0.549 e. The molecule has 1 aromatic carbocycles. The first kappa shape index (κ1) is 16.5. The number of halogens is 2.